The minimum atomic E-state index is -0.215. The number of hydrogen-bond donors (Lipinski definition) is 1. The Balaban J connectivity index is 1.67. The molecule has 0 atom stereocenters. The lowest BCUT2D eigenvalue weighted by atomic mass is 10.2. The van der Waals surface area contributed by atoms with E-state index in [1.807, 2.05) is 6.07 Å². The van der Waals surface area contributed by atoms with E-state index < -0.39 is 0 Å². The molecule has 3 rings (SSSR count). The van der Waals surface area contributed by atoms with Crippen molar-refractivity contribution in [1.29, 1.82) is 0 Å². The van der Waals surface area contributed by atoms with Gasteiger partial charge in [-0.2, -0.15) is 4.98 Å². The van der Waals surface area contributed by atoms with Gasteiger partial charge < -0.3 is 15.0 Å². The number of nitrogens with zero attached hydrogens (tertiary/aromatic N) is 3. The predicted octanol–water partition coefficient (Wildman–Crippen LogP) is 2.06. The number of aromatic nitrogens is 2. The molecular weight excluding hydrogens is 271 g/mol. The maximum absolute atomic E-state index is 13.6. The molecule has 1 N–H and O–H groups in total. The standard InChI is InChI=1S/C15H17FN4O/c16-13-4-2-1-3-12(13)11-18-14-5-6-17-15(19-14)20-7-9-21-10-8-20/h1-6H,7-11H2,(H,17,18,19). The first-order valence-electron chi connectivity index (χ1n) is 6.96. The number of benzene rings is 1. The van der Waals surface area contributed by atoms with Gasteiger partial charge in [-0.25, -0.2) is 9.37 Å². The average Bonchev–Trinajstić information content (AvgIpc) is 2.55. The molecule has 0 saturated carbocycles. The van der Waals surface area contributed by atoms with Crippen LogP contribution in [0.25, 0.3) is 0 Å². The molecule has 1 saturated heterocycles. The Morgan fingerprint density at radius 1 is 1.19 bits per heavy atom. The van der Waals surface area contributed by atoms with Gasteiger partial charge in [-0.3, -0.25) is 0 Å². The molecule has 0 amide bonds. The summed E-state index contributed by atoms with van der Waals surface area (Å²) in [7, 11) is 0. The molecule has 6 heteroatoms. The Morgan fingerprint density at radius 3 is 2.81 bits per heavy atom. The molecular formula is C15H17FN4O. The van der Waals surface area contributed by atoms with E-state index in [1.165, 1.54) is 6.07 Å². The molecule has 1 fully saturated rings. The van der Waals surface area contributed by atoms with E-state index in [4.69, 9.17) is 4.74 Å². The van der Waals surface area contributed by atoms with Crippen LogP contribution in [0.5, 0.6) is 0 Å². The number of anilines is 2. The highest BCUT2D eigenvalue weighted by atomic mass is 19.1. The highest BCUT2D eigenvalue weighted by Crippen LogP contribution is 2.14. The van der Waals surface area contributed by atoms with Crippen LogP contribution in [-0.2, 0) is 11.3 Å². The van der Waals surface area contributed by atoms with Crippen molar-refractivity contribution in [2.45, 2.75) is 6.54 Å². The summed E-state index contributed by atoms with van der Waals surface area (Å²) in [5, 5.41) is 3.13. The van der Waals surface area contributed by atoms with Crippen molar-refractivity contribution in [1.82, 2.24) is 9.97 Å². The maximum atomic E-state index is 13.6. The van der Waals surface area contributed by atoms with E-state index in [2.05, 4.69) is 20.2 Å². The number of halogens is 1. The van der Waals surface area contributed by atoms with E-state index >= 15 is 0 Å². The Labute approximate surface area is 122 Å². The van der Waals surface area contributed by atoms with Gasteiger partial charge in [0.05, 0.1) is 13.2 Å². The lowest BCUT2D eigenvalue weighted by Crippen LogP contribution is -2.37. The van der Waals surface area contributed by atoms with Crippen LogP contribution < -0.4 is 10.2 Å². The van der Waals surface area contributed by atoms with Gasteiger partial charge in [0, 0.05) is 31.4 Å². The molecule has 2 heterocycles. The Bertz CT molecular complexity index is 602. The normalized spacial score (nSPS) is 15.0. The second kappa shape index (κ2) is 6.49. The first-order chi connectivity index (χ1) is 10.3. The molecule has 1 aromatic heterocycles. The zero-order valence-corrected chi connectivity index (χ0v) is 11.6. The van der Waals surface area contributed by atoms with E-state index in [9.17, 15) is 4.39 Å². The molecule has 110 valence electrons. The SMILES string of the molecule is Fc1ccccc1CNc1ccnc(N2CCOCC2)n1. The monoisotopic (exact) mass is 288 g/mol. The van der Waals surface area contributed by atoms with E-state index in [0.29, 0.717) is 37.1 Å². The van der Waals surface area contributed by atoms with Crippen LogP contribution in [0.2, 0.25) is 0 Å². The van der Waals surface area contributed by atoms with Gasteiger partial charge in [-0.05, 0) is 12.1 Å². The van der Waals surface area contributed by atoms with Crippen LogP contribution in [0.4, 0.5) is 16.2 Å². The first-order valence-corrected chi connectivity index (χ1v) is 6.96. The number of hydrogen-bond acceptors (Lipinski definition) is 5. The number of nitrogens with one attached hydrogen (secondary N) is 1. The summed E-state index contributed by atoms with van der Waals surface area (Å²) >= 11 is 0. The Kier molecular flexibility index (Phi) is 4.25. The van der Waals surface area contributed by atoms with Crippen molar-refractivity contribution in [3.05, 3.63) is 47.9 Å². The number of ether oxygens (including phenoxy) is 1. The van der Waals surface area contributed by atoms with E-state index in [-0.39, 0.29) is 5.82 Å². The maximum Gasteiger partial charge on any atom is 0.227 e. The largest absolute Gasteiger partial charge is 0.378 e. The molecule has 0 unspecified atom stereocenters. The van der Waals surface area contributed by atoms with Crippen molar-refractivity contribution in [3.63, 3.8) is 0 Å². The molecule has 5 nitrogen and oxygen atoms in total. The zero-order chi connectivity index (χ0) is 14.5. The van der Waals surface area contributed by atoms with Crippen LogP contribution >= 0.6 is 0 Å². The topological polar surface area (TPSA) is 50.3 Å². The highest BCUT2D eigenvalue weighted by molar-refractivity contribution is 5.42. The predicted molar refractivity (Wildman–Crippen MR) is 78.8 cm³/mol. The minimum absolute atomic E-state index is 0.215. The second-order valence-electron chi connectivity index (χ2n) is 4.79. The van der Waals surface area contributed by atoms with Gasteiger partial charge in [-0.15, -0.1) is 0 Å². The minimum Gasteiger partial charge on any atom is -0.378 e. The highest BCUT2D eigenvalue weighted by Gasteiger charge is 2.13. The van der Waals surface area contributed by atoms with Crippen LogP contribution in [0.15, 0.2) is 36.5 Å². The van der Waals surface area contributed by atoms with Gasteiger partial charge in [0.15, 0.2) is 0 Å². The summed E-state index contributed by atoms with van der Waals surface area (Å²) in [4.78, 5) is 10.8. The van der Waals surface area contributed by atoms with Crippen LogP contribution in [-0.4, -0.2) is 36.3 Å². The Hall–Kier alpha value is -2.21. The molecule has 0 spiro atoms. The van der Waals surface area contributed by atoms with Crippen LogP contribution in [0.3, 0.4) is 0 Å². The van der Waals surface area contributed by atoms with Crippen LogP contribution in [0, 0.1) is 5.82 Å². The molecule has 0 radical (unpaired) electrons. The lowest BCUT2D eigenvalue weighted by Gasteiger charge is -2.26. The fourth-order valence-corrected chi connectivity index (χ4v) is 2.19. The fourth-order valence-electron chi connectivity index (χ4n) is 2.19. The smallest absolute Gasteiger partial charge is 0.227 e. The van der Waals surface area contributed by atoms with Crippen molar-refractivity contribution in [2.24, 2.45) is 0 Å². The van der Waals surface area contributed by atoms with Gasteiger partial charge in [0.25, 0.3) is 0 Å². The molecule has 21 heavy (non-hydrogen) atoms. The van der Waals surface area contributed by atoms with Crippen molar-refractivity contribution >= 4 is 11.8 Å². The summed E-state index contributed by atoms with van der Waals surface area (Å²) in [5.41, 5.74) is 0.615. The summed E-state index contributed by atoms with van der Waals surface area (Å²) in [6.45, 7) is 3.35. The van der Waals surface area contributed by atoms with Gasteiger partial charge in [0.2, 0.25) is 5.95 Å². The van der Waals surface area contributed by atoms with Crippen molar-refractivity contribution in [2.75, 3.05) is 36.5 Å². The second-order valence-corrected chi connectivity index (χ2v) is 4.79. The molecule has 0 aliphatic carbocycles. The van der Waals surface area contributed by atoms with Crippen LogP contribution in [0.1, 0.15) is 5.56 Å². The first kappa shape index (κ1) is 13.8. The van der Waals surface area contributed by atoms with Gasteiger partial charge in [-0.1, -0.05) is 18.2 Å². The summed E-state index contributed by atoms with van der Waals surface area (Å²) in [5.74, 6) is 1.15. The zero-order valence-electron chi connectivity index (χ0n) is 11.6. The van der Waals surface area contributed by atoms with Gasteiger partial charge in [0.1, 0.15) is 11.6 Å². The van der Waals surface area contributed by atoms with Crippen molar-refractivity contribution in [3.8, 4) is 0 Å². The third kappa shape index (κ3) is 3.46. The summed E-state index contributed by atoms with van der Waals surface area (Å²) in [6, 6.07) is 8.49. The van der Waals surface area contributed by atoms with Crippen molar-refractivity contribution < 1.29 is 9.13 Å². The molecule has 0 bridgehead atoms. The van der Waals surface area contributed by atoms with Gasteiger partial charge >= 0.3 is 0 Å². The van der Waals surface area contributed by atoms with E-state index in [0.717, 1.165) is 13.1 Å². The molecule has 2 aromatic rings. The average molecular weight is 288 g/mol. The quantitative estimate of drug-likeness (QED) is 0.933. The summed E-state index contributed by atoms with van der Waals surface area (Å²) < 4.78 is 18.9. The molecule has 1 aliphatic heterocycles. The molecule has 1 aliphatic rings. The number of rotatable bonds is 4. The Morgan fingerprint density at radius 2 is 2.00 bits per heavy atom. The molecule has 1 aromatic carbocycles. The fraction of sp³-hybridized carbons (Fsp3) is 0.333. The summed E-state index contributed by atoms with van der Waals surface area (Å²) in [6.07, 6.45) is 1.71. The lowest BCUT2D eigenvalue weighted by molar-refractivity contribution is 0.122. The third-order valence-electron chi connectivity index (χ3n) is 3.35. The number of morpholine rings is 1. The van der Waals surface area contributed by atoms with E-state index in [1.54, 1.807) is 24.4 Å². The third-order valence-corrected chi connectivity index (χ3v) is 3.35.